The normalized spacial score (nSPS) is 10.3. The Morgan fingerprint density at radius 1 is 1.24 bits per heavy atom. The molecule has 3 aromatic heterocycles. The largest absolute Gasteiger partial charge is 0.317 e. The molecule has 0 saturated heterocycles. The van der Waals surface area contributed by atoms with Gasteiger partial charge in [0.1, 0.15) is 18.3 Å². The van der Waals surface area contributed by atoms with Gasteiger partial charge in [0, 0.05) is 6.20 Å². The number of nitrogens with one attached hydrogen (secondary N) is 1. The van der Waals surface area contributed by atoms with Crippen LogP contribution in [0.15, 0.2) is 49.2 Å². The molecule has 0 aliphatic carbocycles. The van der Waals surface area contributed by atoms with Crippen molar-refractivity contribution in [1.82, 2.24) is 24.7 Å². The minimum absolute atomic E-state index is 0.0246. The van der Waals surface area contributed by atoms with Gasteiger partial charge in [0.2, 0.25) is 5.95 Å². The van der Waals surface area contributed by atoms with E-state index in [1.54, 1.807) is 18.3 Å². The van der Waals surface area contributed by atoms with Crippen LogP contribution in [-0.2, 0) is 0 Å². The number of carbonyl (C=O) groups is 1. The first-order chi connectivity index (χ1) is 10.2. The molecule has 3 aromatic rings. The minimum atomic E-state index is -0.717. The van der Waals surface area contributed by atoms with Gasteiger partial charge in [-0.3, -0.25) is 4.79 Å². The van der Waals surface area contributed by atoms with Crippen molar-refractivity contribution < 1.29 is 9.18 Å². The third-order valence-corrected chi connectivity index (χ3v) is 2.62. The van der Waals surface area contributed by atoms with Crippen LogP contribution in [0.2, 0.25) is 0 Å². The molecule has 7 nitrogen and oxygen atoms in total. The Morgan fingerprint density at radius 3 is 2.90 bits per heavy atom. The third-order valence-electron chi connectivity index (χ3n) is 2.62. The van der Waals surface area contributed by atoms with Crippen LogP contribution in [0.5, 0.6) is 0 Å². The lowest BCUT2D eigenvalue weighted by molar-refractivity contribution is 0.102. The van der Waals surface area contributed by atoms with Gasteiger partial charge in [-0.2, -0.15) is 9.49 Å². The highest BCUT2D eigenvalue weighted by atomic mass is 19.1. The molecule has 0 spiro atoms. The summed E-state index contributed by atoms with van der Waals surface area (Å²) in [5.41, 5.74) is 0.391. The van der Waals surface area contributed by atoms with Crippen LogP contribution in [0.3, 0.4) is 0 Å². The number of hydrogen-bond acceptors (Lipinski definition) is 5. The van der Waals surface area contributed by atoms with E-state index in [-0.39, 0.29) is 5.69 Å². The van der Waals surface area contributed by atoms with Gasteiger partial charge in [-0.25, -0.2) is 19.6 Å². The zero-order chi connectivity index (χ0) is 14.7. The van der Waals surface area contributed by atoms with Gasteiger partial charge < -0.3 is 5.32 Å². The Morgan fingerprint density at radius 2 is 2.14 bits per heavy atom. The maximum Gasteiger partial charge on any atom is 0.274 e. The molecule has 0 unspecified atom stereocenters. The molecule has 0 fully saturated rings. The van der Waals surface area contributed by atoms with Crippen molar-refractivity contribution in [2.24, 2.45) is 0 Å². The number of hydrogen-bond donors (Lipinski definition) is 1. The summed E-state index contributed by atoms with van der Waals surface area (Å²) in [6, 6.07) is 7.32. The Balaban J connectivity index is 1.90. The van der Waals surface area contributed by atoms with Crippen LogP contribution in [0.25, 0.3) is 5.82 Å². The standard InChI is InChI=1S/C13H9FN6O/c14-11-5-1-3-10(18-11)13(21)19-9-4-2-6-16-12(9)20-8-15-7-17-20/h1-8H,(H,19,21). The van der Waals surface area contributed by atoms with E-state index in [9.17, 15) is 9.18 Å². The summed E-state index contributed by atoms with van der Waals surface area (Å²) in [6.45, 7) is 0. The number of aromatic nitrogens is 5. The molecule has 0 saturated carbocycles. The first-order valence-electron chi connectivity index (χ1n) is 5.98. The van der Waals surface area contributed by atoms with E-state index in [1.165, 1.54) is 35.5 Å². The second kappa shape index (κ2) is 5.45. The van der Waals surface area contributed by atoms with Crippen molar-refractivity contribution in [1.29, 1.82) is 0 Å². The molecule has 0 aliphatic rings. The molecule has 0 aromatic carbocycles. The first-order valence-corrected chi connectivity index (χ1v) is 5.98. The van der Waals surface area contributed by atoms with Crippen molar-refractivity contribution in [3.05, 3.63) is 60.8 Å². The highest BCUT2D eigenvalue weighted by Crippen LogP contribution is 2.16. The summed E-state index contributed by atoms with van der Waals surface area (Å²) >= 11 is 0. The first kappa shape index (κ1) is 12.9. The van der Waals surface area contributed by atoms with Crippen molar-refractivity contribution >= 4 is 11.6 Å². The number of anilines is 1. The van der Waals surface area contributed by atoms with E-state index in [0.29, 0.717) is 11.5 Å². The van der Waals surface area contributed by atoms with E-state index in [2.05, 4.69) is 25.4 Å². The van der Waals surface area contributed by atoms with Gasteiger partial charge in [-0.1, -0.05) is 6.07 Å². The lowest BCUT2D eigenvalue weighted by atomic mass is 10.3. The van der Waals surface area contributed by atoms with E-state index in [0.717, 1.165) is 0 Å². The number of halogens is 1. The average molecular weight is 284 g/mol. The zero-order valence-electron chi connectivity index (χ0n) is 10.6. The molecule has 0 aliphatic heterocycles. The van der Waals surface area contributed by atoms with Gasteiger partial charge in [0.25, 0.3) is 5.91 Å². The zero-order valence-corrected chi connectivity index (χ0v) is 10.6. The predicted octanol–water partition coefficient (Wildman–Crippen LogP) is 1.45. The molecule has 104 valence electrons. The van der Waals surface area contributed by atoms with Gasteiger partial charge >= 0.3 is 0 Å². The molecule has 1 N–H and O–H groups in total. The molecule has 8 heteroatoms. The van der Waals surface area contributed by atoms with Crippen molar-refractivity contribution in [2.75, 3.05) is 5.32 Å². The van der Waals surface area contributed by atoms with Crippen LogP contribution in [0.1, 0.15) is 10.5 Å². The van der Waals surface area contributed by atoms with Gasteiger partial charge in [0.15, 0.2) is 5.82 Å². The number of pyridine rings is 2. The fourth-order valence-corrected chi connectivity index (χ4v) is 1.72. The van der Waals surface area contributed by atoms with E-state index < -0.39 is 11.9 Å². The topological polar surface area (TPSA) is 85.6 Å². The highest BCUT2D eigenvalue weighted by molar-refractivity contribution is 6.03. The molecular formula is C13H9FN6O. The quantitative estimate of drug-likeness (QED) is 0.736. The molecule has 3 rings (SSSR count). The molecule has 1 amide bonds. The summed E-state index contributed by atoms with van der Waals surface area (Å²) in [5.74, 6) is -0.853. The maximum atomic E-state index is 13.0. The van der Waals surface area contributed by atoms with Crippen molar-refractivity contribution in [3.63, 3.8) is 0 Å². The Kier molecular flexibility index (Phi) is 3.34. The maximum absolute atomic E-state index is 13.0. The Hall–Kier alpha value is -3.16. The molecular weight excluding hydrogens is 275 g/mol. The lowest BCUT2D eigenvalue weighted by Crippen LogP contribution is -2.16. The van der Waals surface area contributed by atoms with E-state index >= 15 is 0 Å². The summed E-state index contributed by atoms with van der Waals surface area (Å²) in [5, 5.41) is 6.58. The fraction of sp³-hybridized carbons (Fsp3) is 0. The third kappa shape index (κ3) is 2.73. The minimum Gasteiger partial charge on any atom is -0.317 e. The van der Waals surface area contributed by atoms with E-state index in [1.807, 2.05) is 0 Å². The van der Waals surface area contributed by atoms with Crippen LogP contribution >= 0.6 is 0 Å². The average Bonchev–Trinajstić information content (AvgIpc) is 3.02. The summed E-state index contributed by atoms with van der Waals surface area (Å²) < 4.78 is 14.5. The predicted molar refractivity (Wildman–Crippen MR) is 71.3 cm³/mol. The molecule has 0 radical (unpaired) electrons. The van der Waals surface area contributed by atoms with Crippen LogP contribution in [0, 0.1) is 5.95 Å². The van der Waals surface area contributed by atoms with Gasteiger partial charge in [-0.15, -0.1) is 0 Å². The van der Waals surface area contributed by atoms with Crippen molar-refractivity contribution in [2.45, 2.75) is 0 Å². The van der Waals surface area contributed by atoms with Crippen LogP contribution in [-0.4, -0.2) is 30.6 Å². The number of amides is 1. The molecule has 3 heterocycles. The van der Waals surface area contributed by atoms with E-state index in [4.69, 9.17) is 0 Å². The SMILES string of the molecule is O=C(Nc1cccnc1-n1cncn1)c1cccc(F)n1. The smallest absolute Gasteiger partial charge is 0.274 e. The number of rotatable bonds is 3. The number of nitrogens with zero attached hydrogens (tertiary/aromatic N) is 5. The lowest BCUT2D eigenvalue weighted by Gasteiger charge is -2.09. The molecule has 0 atom stereocenters. The summed E-state index contributed by atoms with van der Waals surface area (Å²) in [7, 11) is 0. The summed E-state index contributed by atoms with van der Waals surface area (Å²) in [6.07, 6.45) is 4.37. The van der Waals surface area contributed by atoms with Crippen LogP contribution < -0.4 is 5.32 Å². The Labute approximate surface area is 118 Å². The Bertz CT molecular complexity index is 774. The molecule has 0 bridgehead atoms. The van der Waals surface area contributed by atoms with Crippen molar-refractivity contribution in [3.8, 4) is 5.82 Å². The number of carbonyl (C=O) groups excluding carboxylic acids is 1. The second-order valence-corrected chi connectivity index (χ2v) is 4.01. The van der Waals surface area contributed by atoms with Gasteiger partial charge in [-0.05, 0) is 24.3 Å². The summed E-state index contributed by atoms with van der Waals surface area (Å²) in [4.78, 5) is 23.6. The monoisotopic (exact) mass is 284 g/mol. The second-order valence-electron chi connectivity index (χ2n) is 4.01. The highest BCUT2D eigenvalue weighted by Gasteiger charge is 2.13. The molecule has 21 heavy (non-hydrogen) atoms. The van der Waals surface area contributed by atoms with Crippen LogP contribution in [0.4, 0.5) is 10.1 Å². The van der Waals surface area contributed by atoms with Gasteiger partial charge in [0.05, 0.1) is 5.69 Å². The fourth-order valence-electron chi connectivity index (χ4n) is 1.72.